The molecule has 0 radical (unpaired) electrons. The van der Waals surface area contributed by atoms with Gasteiger partial charge in [0.15, 0.2) is 0 Å². The summed E-state index contributed by atoms with van der Waals surface area (Å²) < 4.78 is 10.8. The minimum Gasteiger partial charge on any atom is -0.467 e. The van der Waals surface area contributed by atoms with E-state index in [1.54, 1.807) is 6.26 Å². The molecule has 0 saturated heterocycles. The van der Waals surface area contributed by atoms with E-state index in [1.165, 1.54) is 0 Å². The average molecular weight is 344 g/mol. The number of rotatable bonds is 7. The van der Waals surface area contributed by atoms with E-state index in [0.717, 1.165) is 37.0 Å². The van der Waals surface area contributed by atoms with Crippen molar-refractivity contribution in [2.24, 2.45) is 0 Å². The first-order valence-electron chi connectivity index (χ1n) is 8.58. The number of aliphatic hydroxyl groups is 1. The lowest BCUT2D eigenvalue weighted by molar-refractivity contribution is 0.0930. The molecule has 1 fully saturated rings. The molecule has 25 heavy (non-hydrogen) atoms. The SMILES string of the molecule is O=C(Nc1cccc(COCc2ccco2)c1)NC1(CO)CCCC1. The van der Waals surface area contributed by atoms with Gasteiger partial charge in [-0.2, -0.15) is 0 Å². The van der Waals surface area contributed by atoms with Gasteiger partial charge in [0.1, 0.15) is 12.4 Å². The van der Waals surface area contributed by atoms with Gasteiger partial charge in [0.05, 0.1) is 25.0 Å². The van der Waals surface area contributed by atoms with Gasteiger partial charge in [-0.05, 0) is 42.7 Å². The van der Waals surface area contributed by atoms with E-state index >= 15 is 0 Å². The van der Waals surface area contributed by atoms with Gasteiger partial charge >= 0.3 is 6.03 Å². The van der Waals surface area contributed by atoms with Crippen LogP contribution in [0, 0.1) is 0 Å². The zero-order chi connectivity index (χ0) is 17.5. The Kier molecular flexibility index (Phi) is 5.73. The highest BCUT2D eigenvalue weighted by Crippen LogP contribution is 2.29. The molecule has 1 aromatic carbocycles. The average Bonchev–Trinajstić information content (AvgIpc) is 3.27. The summed E-state index contributed by atoms with van der Waals surface area (Å²) in [7, 11) is 0. The van der Waals surface area contributed by atoms with Crippen molar-refractivity contribution in [2.45, 2.75) is 44.4 Å². The number of ether oxygens (including phenoxy) is 1. The number of furan rings is 1. The van der Waals surface area contributed by atoms with E-state index in [2.05, 4.69) is 10.6 Å². The third-order valence-electron chi connectivity index (χ3n) is 4.52. The van der Waals surface area contributed by atoms with Gasteiger partial charge in [0.2, 0.25) is 0 Å². The van der Waals surface area contributed by atoms with Crippen molar-refractivity contribution in [3.63, 3.8) is 0 Å². The third-order valence-corrected chi connectivity index (χ3v) is 4.52. The van der Waals surface area contributed by atoms with E-state index in [4.69, 9.17) is 9.15 Å². The molecule has 3 N–H and O–H groups in total. The molecule has 1 heterocycles. The summed E-state index contributed by atoms with van der Waals surface area (Å²) in [6, 6.07) is 10.9. The molecule has 3 rings (SSSR count). The fourth-order valence-electron chi connectivity index (χ4n) is 3.18. The third kappa shape index (κ3) is 4.84. The smallest absolute Gasteiger partial charge is 0.319 e. The highest BCUT2D eigenvalue weighted by atomic mass is 16.5. The van der Waals surface area contributed by atoms with Gasteiger partial charge in [-0.15, -0.1) is 0 Å². The molecule has 1 aliphatic rings. The Labute approximate surface area is 147 Å². The van der Waals surface area contributed by atoms with Crippen LogP contribution in [0.4, 0.5) is 10.5 Å². The quantitative estimate of drug-likeness (QED) is 0.718. The van der Waals surface area contributed by atoms with Crippen molar-refractivity contribution in [1.29, 1.82) is 0 Å². The van der Waals surface area contributed by atoms with E-state index in [-0.39, 0.29) is 12.6 Å². The molecular weight excluding hydrogens is 320 g/mol. The van der Waals surface area contributed by atoms with Gasteiger partial charge < -0.3 is 24.9 Å². The number of anilines is 1. The normalized spacial score (nSPS) is 15.9. The molecule has 6 nitrogen and oxygen atoms in total. The fraction of sp³-hybridized carbons (Fsp3) is 0.421. The first kappa shape index (κ1) is 17.5. The highest BCUT2D eigenvalue weighted by molar-refractivity contribution is 5.89. The monoisotopic (exact) mass is 344 g/mol. The van der Waals surface area contributed by atoms with E-state index in [0.29, 0.717) is 18.9 Å². The van der Waals surface area contributed by atoms with Crippen molar-refractivity contribution < 1.29 is 19.1 Å². The summed E-state index contributed by atoms with van der Waals surface area (Å²) in [6.45, 7) is 0.809. The Morgan fingerprint density at radius 1 is 1.20 bits per heavy atom. The molecule has 6 heteroatoms. The number of amides is 2. The molecule has 1 saturated carbocycles. The lowest BCUT2D eigenvalue weighted by Gasteiger charge is -2.28. The minimum absolute atomic E-state index is 0.0267. The van der Waals surface area contributed by atoms with Crippen LogP contribution in [0.15, 0.2) is 47.1 Å². The molecule has 1 aromatic heterocycles. The molecule has 2 amide bonds. The van der Waals surface area contributed by atoms with Crippen LogP contribution in [0.1, 0.15) is 37.0 Å². The number of aliphatic hydroxyl groups excluding tert-OH is 1. The first-order chi connectivity index (χ1) is 12.2. The van der Waals surface area contributed by atoms with Crippen molar-refractivity contribution in [3.8, 4) is 0 Å². The Morgan fingerprint density at radius 2 is 2.04 bits per heavy atom. The van der Waals surface area contributed by atoms with Crippen LogP contribution in [-0.2, 0) is 18.0 Å². The van der Waals surface area contributed by atoms with Crippen LogP contribution < -0.4 is 10.6 Å². The van der Waals surface area contributed by atoms with Crippen molar-refractivity contribution in [2.75, 3.05) is 11.9 Å². The largest absolute Gasteiger partial charge is 0.467 e. The molecule has 0 bridgehead atoms. The molecule has 0 spiro atoms. The van der Waals surface area contributed by atoms with Gasteiger partial charge in [0.25, 0.3) is 0 Å². The van der Waals surface area contributed by atoms with Crippen molar-refractivity contribution >= 4 is 11.7 Å². The van der Waals surface area contributed by atoms with Crippen LogP contribution in [0.25, 0.3) is 0 Å². The number of carbonyl (C=O) groups excluding carboxylic acids is 1. The van der Waals surface area contributed by atoms with Gasteiger partial charge in [-0.25, -0.2) is 4.79 Å². The Hall–Kier alpha value is -2.31. The lowest BCUT2D eigenvalue weighted by atomic mass is 9.99. The zero-order valence-corrected chi connectivity index (χ0v) is 14.2. The predicted molar refractivity (Wildman–Crippen MR) is 94.1 cm³/mol. The second-order valence-corrected chi connectivity index (χ2v) is 6.50. The Morgan fingerprint density at radius 3 is 2.76 bits per heavy atom. The lowest BCUT2D eigenvalue weighted by Crippen LogP contribution is -2.50. The standard InChI is InChI=1S/C19H24N2O4/c22-14-19(8-1-2-9-19)21-18(23)20-16-6-3-5-15(11-16)12-24-13-17-7-4-10-25-17/h3-7,10-11,22H,1-2,8-9,12-14H2,(H2,20,21,23). The number of carbonyl (C=O) groups is 1. The number of urea groups is 1. The maximum absolute atomic E-state index is 12.2. The zero-order valence-electron chi connectivity index (χ0n) is 14.2. The summed E-state index contributed by atoms with van der Waals surface area (Å²) in [4.78, 5) is 12.2. The molecule has 0 atom stereocenters. The Balaban J connectivity index is 1.51. The van der Waals surface area contributed by atoms with Crippen LogP contribution in [0.3, 0.4) is 0 Å². The van der Waals surface area contributed by atoms with E-state index in [1.807, 2.05) is 36.4 Å². The molecule has 1 aliphatic carbocycles. The molecule has 0 aliphatic heterocycles. The first-order valence-corrected chi connectivity index (χ1v) is 8.58. The van der Waals surface area contributed by atoms with Crippen molar-refractivity contribution in [3.05, 3.63) is 54.0 Å². The van der Waals surface area contributed by atoms with Crippen LogP contribution in [0.2, 0.25) is 0 Å². The molecule has 2 aromatic rings. The summed E-state index contributed by atoms with van der Waals surface area (Å²) in [5, 5.41) is 15.3. The minimum atomic E-state index is -0.478. The van der Waals surface area contributed by atoms with Crippen LogP contribution >= 0.6 is 0 Å². The number of hydrogen-bond acceptors (Lipinski definition) is 4. The number of benzene rings is 1. The summed E-state index contributed by atoms with van der Waals surface area (Å²) >= 11 is 0. The maximum Gasteiger partial charge on any atom is 0.319 e. The van der Waals surface area contributed by atoms with Crippen molar-refractivity contribution in [1.82, 2.24) is 5.32 Å². The molecular formula is C19H24N2O4. The van der Waals surface area contributed by atoms with Gasteiger partial charge in [-0.1, -0.05) is 25.0 Å². The summed E-state index contributed by atoms with van der Waals surface area (Å²) in [5.41, 5.74) is 1.18. The van der Waals surface area contributed by atoms with Gasteiger partial charge in [-0.3, -0.25) is 0 Å². The highest BCUT2D eigenvalue weighted by Gasteiger charge is 2.34. The van der Waals surface area contributed by atoms with Crippen LogP contribution in [-0.4, -0.2) is 23.3 Å². The van der Waals surface area contributed by atoms with E-state index < -0.39 is 5.54 Å². The predicted octanol–water partition coefficient (Wildman–Crippen LogP) is 3.42. The van der Waals surface area contributed by atoms with Crippen LogP contribution in [0.5, 0.6) is 0 Å². The second kappa shape index (κ2) is 8.18. The summed E-state index contributed by atoms with van der Waals surface area (Å²) in [6.07, 6.45) is 5.31. The number of hydrogen-bond donors (Lipinski definition) is 3. The van der Waals surface area contributed by atoms with Gasteiger partial charge in [0, 0.05) is 5.69 Å². The second-order valence-electron chi connectivity index (χ2n) is 6.50. The van der Waals surface area contributed by atoms with E-state index in [9.17, 15) is 9.90 Å². The topological polar surface area (TPSA) is 83.7 Å². The molecule has 134 valence electrons. The fourth-order valence-corrected chi connectivity index (χ4v) is 3.18. The summed E-state index contributed by atoms with van der Waals surface area (Å²) in [5.74, 6) is 0.777. The number of nitrogens with one attached hydrogen (secondary N) is 2. The maximum atomic E-state index is 12.2. The Bertz CT molecular complexity index is 678. The molecule has 0 unspecified atom stereocenters.